The van der Waals surface area contributed by atoms with Gasteiger partial charge in [-0.05, 0) is 29.8 Å². The van der Waals surface area contributed by atoms with Gasteiger partial charge >= 0.3 is 5.57 Å². The van der Waals surface area contributed by atoms with E-state index in [1.165, 1.54) is 12.1 Å². The first kappa shape index (κ1) is 22.0. The van der Waals surface area contributed by atoms with Gasteiger partial charge in [0.2, 0.25) is 17.8 Å². The molecule has 0 amide bonds. The quantitative estimate of drug-likeness (QED) is 0.481. The minimum atomic E-state index is -3.77. The Hall–Kier alpha value is -3.24. The molecule has 11 heteroatoms. The van der Waals surface area contributed by atoms with Crippen molar-refractivity contribution in [2.24, 2.45) is 0 Å². The minimum Gasteiger partial charge on any atom is -0.420 e. The fourth-order valence-electron chi connectivity index (χ4n) is 3.05. The van der Waals surface area contributed by atoms with Crippen molar-refractivity contribution in [1.82, 2.24) is 15.0 Å². The summed E-state index contributed by atoms with van der Waals surface area (Å²) in [6, 6.07) is 15.8. The lowest BCUT2D eigenvalue weighted by Crippen LogP contribution is -2.37. The molecule has 1 fully saturated rings. The van der Waals surface area contributed by atoms with E-state index in [9.17, 15) is 8.78 Å². The van der Waals surface area contributed by atoms with Gasteiger partial charge in [0.25, 0.3) is 0 Å². The highest BCUT2D eigenvalue weighted by Gasteiger charge is 2.27. The highest BCUT2D eigenvalue weighted by Crippen LogP contribution is 2.27. The van der Waals surface area contributed by atoms with E-state index in [1.807, 2.05) is 35.2 Å². The third kappa shape index (κ3) is 6.38. The number of hydrogen-bond donors (Lipinski definition) is 2. The molecule has 2 heterocycles. The molecule has 8 nitrogen and oxygen atoms in total. The number of rotatable bonds is 8. The van der Waals surface area contributed by atoms with Crippen LogP contribution in [0.1, 0.15) is 5.56 Å². The normalized spacial score (nSPS) is 14.2. The van der Waals surface area contributed by atoms with Crippen LogP contribution in [-0.2, 0) is 11.3 Å². The van der Waals surface area contributed by atoms with E-state index < -0.39 is 5.57 Å². The van der Waals surface area contributed by atoms with Gasteiger partial charge in [0, 0.05) is 36.9 Å². The van der Waals surface area contributed by atoms with Crippen LogP contribution in [0, 0.1) is 0 Å². The van der Waals surface area contributed by atoms with Crippen LogP contribution in [-0.4, -0.2) is 46.8 Å². The van der Waals surface area contributed by atoms with Gasteiger partial charge in [-0.2, -0.15) is 15.0 Å². The minimum absolute atomic E-state index is 0.0644. The van der Waals surface area contributed by atoms with Crippen molar-refractivity contribution < 1.29 is 18.3 Å². The van der Waals surface area contributed by atoms with Gasteiger partial charge in [0.15, 0.2) is 0 Å². The Morgan fingerprint density at radius 3 is 2.34 bits per heavy atom. The molecule has 1 saturated heterocycles. The van der Waals surface area contributed by atoms with E-state index in [0.29, 0.717) is 56.4 Å². The van der Waals surface area contributed by atoms with Gasteiger partial charge in [-0.15, -0.1) is 8.78 Å². The van der Waals surface area contributed by atoms with Crippen molar-refractivity contribution in [2.45, 2.75) is 12.1 Å². The molecule has 0 aliphatic carbocycles. The summed E-state index contributed by atoms with van der Waals surface area (Å²) < 4.78 is 35.3. The third-order valence-electron chi connectivity index (χ3n) is 4.56. The molecule has 168 valence electrons. The van der Waals surface area contributed by atoms with Crippen LogP contribution >= 0.6 is 11.6 Å². The first-order chi connectivity index (χ1) is 15.4. The topological polar surface area (TPSA) is 84.4 Å². The van der Waals surface area contributed by atoms with Gasteiger partial charge in [-0.25, -0.2) is 0 Å². The summed E-state index contributed by atoms with van der Waals surface area (Å²) in [7, 11) is 0. The Morgan fingerprint density at radius 2 is 1.66 bits per heavy atom. The summed E-state index contributed by atoms with van der Waals surface area (Å²) in [5, 5.41) is 6.30. The number of anilines is 4. The van der Waals surface area contributed by atoms with Crippen LogP contribution in [0.2, 0.25) is 0 Å². The fourth-order valence-corrected chi connectivity index (χ4v) is 3.14. The Kier molecular flexibility index (Phi) is 6.81. The molecule has 2 N–H and O–H groups in total. The van der Waals surface area contributed by atoms with Crippen molar-refractivity contribution in [3.05, 3.63) is 60.2 Å². The molecule has 1 aromatic heterocycles. The smallest absolute Gasteiger partial charge is 0.420 e. The van der Waals surface area contributed by atoms with Gasteiger partial charge in [0.05, 0.1) is 13.2 Å². The number of halogens is 3. The molecule has 0 atom stereocenters. The standard InChI is InChI=1S/C21H21ClF2N6O2/c22-21(23,24)32-17-8-6-16(7-9-17)26-19-27-18(25-14-15-4-2-1-3-5-15)28-20(29-19)30-10-12-31-13-11-30/h1-9H,10-14H2,(H2,25,26,27,28,29). The molecule has 2 aromatic carbocycles. The summed E-state index contributed by atoms with van der Waals surface area (Å²) in [6.07, 6.45) is 0. The molecule has 0 spiro atoms. The predicted octanol–water partition coefficient (Wildman–Crippen LogP) is 4.23. The van der Waals surface area contributed by atoms with Crippen LogP contribution in [0.4, 0.5) is 32.3 Å². The van der Waals surface area contributed by atoms with Gasteiger partial charge in [0.1, 0.15) is 5.75 Å². The van der Waals surface area contributed by atoms with Gasteiger partial charge < -0.3 is 25.0 Å². The number of alkyl halides is 3. The van der Waals surface area contributed by atoms with Crippen molar-refractivity contribution >= 4 is 35.1 Å². The molecular weight excluding hydrogens is 442 g/mol. The Bertz CT molecular complexity index is 1020. The van der Waals surface area contributed by atoms with Crippen molar-refractivity contribution in [3.63, 3.8) is 0 Å². The molecule has 32 heavy (non-hydrogen) atoms. The number of morpholine rings is 1. The molecule has 1 aliphatic heterocycles. The van der Waals surface area contributed by atoms with Crippen molar-refractivity contribution in [3.8, 4) is 5.75 Å². The van der Waals surface area contributed by atoms with Crippen LogP contribution in [0.5, 0.6) is 5.75 Å². The maximum Gasteiger partial charge on any atom is 0.487 e. The highest BCUT2D eigenvalue weighted by molar-refractivity contribution is 6.20. The maximum absolute atomic E-state index is 12.8. The lowest BCUT2D eigenvalue weighted by Gasteiger charge is -2.27. The molecular formula is C21H21ClF2N6O2. The average Bonchev–Trinajstić information content (AvgIpc) is 2.79. The second kappa shape index (κ2) is 9.92. The summed E-state index contributed by atoms with van der Waals surface area (Å²) in [5.74, 6) is 1.18. The third-order valence-corrected chi connectivity index (χ3v) is 4.63. The number of benzene rings is 2. The zero-order valence-electron chi connectivity index (χ0n) is 17.0. The molecule has 1 aliphatic rings. The zero-order valence-corrected chi connectivity index (χ0v) is 17.7. The fraction of sp³-hybridized carbons (Fsp3) is 0.286. The summed E-state index contributed by atoms with van der Waals surface area (Å²) in [5.41, 5.74) is -2.10. The van der Waals surface area contributed by atoms with Gasteiger partial charge in [-0.3, -0.25) is 0 Å². The first-order valence-corrected chi connectivity index (χ1v) is 10.3. The number of ether oxygens (including phenoxy) is 2. The summed E-state index contributed by atoms with van der Waals surface area (Å²) >= 11 is 4.80. The molecule has 3 aromatic rings. The van der Waals surface area contributed by atoms with E-state index in [2.05, 4.69) is 30.3 Å². The SMILES string of the molecule is FC(F)(Cl)Oc1ccc(Nc2nc(NCc3ccccc3)nc(N3CCOCC3)n2)cc1. The number of nitrogens with zero attached hydrogens (tertiary/aromatic N) is 4. The molecule has 0 unspecified atom stereocenters. The lowest BCUT2D eigenvalue weighted by atomic mass is 10.2. The molecule has 0 radical (unpaired) electrons. The average molecular weight is 463 g/mol. The number of aromatic nitrogens is 3. The van der Waals surface area contributed by atoms with Crippen molar-refractivity contribution in [1.29, 1.82) is 0 Å². The zero-order chi connectivity index (χ0) is 22.4. The van der Waals surface area contributed by atoms with Crippen LogP contribution in [0.15, 0.2) is 54.6 Å². The van der Waals surface area contributed by atoms with Crippen LogP contribution in [0.3, 0.4) is 0 Å². The van der Waals surface area contributed by atoms with E-state index >= 15 is 0 Å². The number of nitrogens with one attached hydrogen (secondary N) is 2. The Balaban J connectivity index is 1.53. The highest BCUT2D eigenvalue weighted by atomic mass is 35.5. The Morgan fingerprint density at radius 1 is 0.969 bits per heavy atom. The largest absolute Gasteiger partial charge is 0.487 e. The predicted molar refractivity (Wildman–Crippen MR) is 118 cm³/mol. The van der Waals surface area contributed by atoms with E-state index in [0.717, 1.165) is 5.56 Å². The lowest BCUT2D eigenvalue weighted by molar-refractivity contribution is -0.0964. The van der Waals surface area contributed by atoms with Crippen molar-refractivity contribution in [2.75, 3.05) is 41.8 Å². The summed E-state index contributed by atoms with van der Waals surface area (Å²) in [6.45, 7) is 3.06. The monoisotopic (exact) mass is 462 g/mol. The van der Waals surface area contributed by atoms with E-state index in [1.54, 1.807) is 12.1 Å². The molecule has 0 bridgehead atoms. The van der Waals surface area contributed by atoms with Crippen LogP contribution < -0.4 is 20.3 Å². The maximum atomic E-state index is 12.8. The number of hydrogen-bond acceptors (Lipinski definition) is 8. The second-order valence-electron chi connectivity index (χ2n) is 6.92. The van der Waals surface area contributed by atoms with Crippen LogP contribution in [0.25, 0.3) is 0 Å². The summed E-state index contributed by atoms with van der Waals surface area (Å²) in [4.78, 5) is 15.5. The molecule has 0 saturated carbocycles. The van der Waals surface area contributed by atoms with Gasteiger partial charge in [-0.1, -0.05) is 30.3 Å². The van der Waals surface area contributed by atoms with E-state index in [4.69, 9.17) is 16.3 Å². The molecule has 4 rings (SSSR count). The second-order valence-corrected chi connectivity index (χ2v) is 7.36. The Labute approximate surface area is 188 Å². The first-order valence-electron chi connectivity index (χ1n) is 9.94. The van der Waals surface area contributed by atoms with E-state index in [-0.39, 0.29) is 5.75 Å².